The monoisotopic (exact) mass is 1880 g/mol. The van der Waals surface area contributed by atoms with E-state index in [-0.39, 0.29) is 105 Å². The van der Waals surface area contributed by atoms with Crippen LogP contribution in [0, 0.1) is 50.2 Å². The second-order valence-electron chi connectivity index (χ2n) is 43.0. The Morgan fingerprint density at radius 3 is 1.32 bits per heavy atom. The number of ether oxygens (including phenoxy) is 14. The summed E-state index contributed by atoms with van der Waals surface area (Å²) in [6.07, 6.45) is -5.15. The van der Waals surface area contributed by atoms with Crippen LogP contribution in [0.4, 0.5) is 0 Å². The molecule has 0 spiro atoms. The first-order valence-electron chi connectivity index (χ1n) is 50.2. The maximum atomic E-state index is 16.0. The molecule has 10 aromatic carbocycles. The van der Waals surface area contributed by atoms with Crippen LogP contribution in [0.2, 0.25) is 5.04 Å². The highest BCUT2D eigenvalue weighted by atomic mass is 28.4. The van der Waals surface area contributed by atoms with E-state index in [0.29, 0.717) is 31.4 Å². The van der Waals surface area contributed by atoms with Gasteiger partial charge >= 0.3 is 11.9 Å². The zero-order chi connectivity index (χ0) is 95.7. The molecule has 1 N–H and O–H groups in total. The first kappa shape index (κ1) is 98.7. The minimum absolute atomic E-state index is 0.0280. The first-order chi connectivity index (χ1) is 66.8. The molecule has 19 heteroatoms. The highest BCUT2D eigenvalue weighted by Gasteiger charge is 2.71. The highest BCUT2D eigenvalue weighted by molar-refractivity contribution is 6.99. The van der Waals surface area contributed by atoms with Crippen molar-refractivity contribution in [2.24, 2.45) is 50.2 Å². The number of hydrogen-bond donors (Lipinski definition) is 1. The largest absolute Gasteiger partial charge is 0.450 e. The fourth-order valence-corrected chi connectivity index (χ4v) is 29.7. The normalized spacial score (nSPS) is 31.1. The number of hydrogen-bond acceptors (Lipinski definition) is 18. The van der Waals surface area contributed by atoms with Gasteiger partial charge in [0.25, 0.3) is 8.32 Å². The average molecular weight is 1890 g/mol. The van der Waals surface area contributed by atoms with Crippen molar-refractivity contribution < 1.29 is 85.4 Å². The molecular weight excluding hydrogens is 1750 g/mol. The smallest absolute Gasteiger partial charge is 0.338 e. The van der Waals surface area contributed by atoms with Crippen molar-refractivity contribution in [2.75, 3.05) is 19.8 Å². The minimum Gasteiger partial charge on any atom is -0.450 e. The van der Waals surface area contributed by atoms with E-state index < -0.39 is 122 Å². The van der Waals surface area contributed by atoms with Gasteiger partial charge in [-0.15, -0.1) is 0 Å². The van der Waals surface area contributed by atoms with Gasteiger partial charge < -0.3 is 75.8 Å². The van der Waals surface area contributed by atoms with E-state index >= 15 is 9.59 Å². The molecule has 3 heterocycles. The maximum Gasteiger partial charge on any atom is 0.338 e. The van der Waals surface area contributed by atoms with Gasteiger partial charge in [0.05, 0.1) is 83.2 Å². The van der Waals surface area contributed by atoms with Gasteiger partial charge in [0.1, 0.15) is 61.0 Å². The standard InChI is InChI=1S/C119H140O18Si/c1-113(2,3)138(90-57-37-19-38-58-90,91-59-39-20-40-60-91)131-81-96-103(127-76-86-49-29-15-30-50-86)104(128-77-87-51-31-16-32-52-87)106(135-108(121)89-55-35-18-36-56-89)111(133-96)136-107-105(129-78-88-53-33-17-34-54-88)102(126-75-85-47-27-14-28-48-85)95(79-123-72-82-41-21-11-22-42-82)132-110(107)134-99-64-65-116(8)97(115(99,6)7)63-66-118(10)98(116)62-61-92-93-71-114(4,5)67-69-119(93,70-68-117(92,118)9)112(122)137-109-100(120)101(125-74-84-45-25-13-26-46-84)94(80-130-109)124-73-83-43-23-12-24-44-83/h11-61,93-107,109-111,120H,62-81H2,1-10H3/t93-,94-,95+,96+,97-,98+,99-,100+,101-,102+,103-,104-,105-,106+,107+,109-,110-,111-,116-,117+,118+,119-/m0/s1. The number of aliphatic hydroxyl groups is 1. The zero-order valence-corrected chi connectivity index (χ0v) is 82.9. The molecule has 3 aliphatic heterocycles. The quantitative estimate of drug-likeness (QED) is 0.0170. The average Bonchev–Trinajstić information content (AvgIpc) is 0.672. The van der Waals surface area contributed by atoms with E-state index in [1.54, 1.807) is 12.1 Å². The molecule has 18 rings (SSSR count). The second kappa shape index (κ2) is 43.2. The molecule has 0 amide bonds. The molecule has 138 heavy (non-hydrogen) atoms. The summed E-state index contributed by atoms with van der Waals surface area (Å²) in [5, 5.41) is 14.2. The van der Waals surface area contributed by atoms with E-state index in [2.05, 4.69) is 160 Å². The molecule has 728 valence electrons. The van der Waals surface area contributed by atoms with Crippen molar-refractivity contribution in [3.05, 3.63) is 359 Å². The van der Waals surface area contributed by atoms with Crippen LogP contribution in [-0.4, -0.2) is 137 Å². The third-order valence-electron chi connectivity index (χ3n) is 32.6. The van der Waals surface area contributed by atoms with Crippen LogP contribution in [0.15, 0.2) is 315 Å². The van der Waals surface area contributed by atoms with Crippen LogP contribution < -0.4 is 10.4 Å². The SMILES string of the molecule is CC1(C)CC[C@]2(C(=O)O[C@@H]3OC[C@H](OCc4ccccc4)[C@H](OCc4ccccc4)[C@H]3O)CC[C@]3(C)C(=CC[C@@H]4[C@@]5(C)CC[C@H](O[C@@H]6O[C@H](COCc7ccccc7)[C@@H](OCc7ccccc7)[C@H](OCc7ccccc7)[C@H]6O[C@@H]6O[C@H](CO[Si](c7ccccc7)(c7ccccc7)C(C)(C)C)[C@H](OCc7ccccc7)[C@H](OCc7ccccc7)[C@H]6OC(=O)c6ccccc6)C(C)(C)[C@@H]5CC[C@]43C)[C@@H]2C1. The Balaban J connectivity index is 0.710. The molecule has 22 atom stereocenters. The van der Waals surface area contributed by atoms with E-state index in [4.69, 9.17) is 70.7 Å². The van der Waals surface area contributed by atoms with Crippen LogP contribution in [0.5, 0.6) is 0 Å². The molecule has 0 aromatic heterocycles. The first-order valence-corrected chi connectivity index (χ1v) is 52.1. The number of carbonyl (C=O) groups is 2. The van der Waals surface area contributed by atoms with Gasteiger partial charge in [-0.25, -0.2) is 4.79 Å². The molecule has 18 nitrogen and oxygen atoms in total. The summed E-state index contributed by atoms with van der Waals surface area (Å²) in [6.45, 7) is 25.5. The number of esters is 2. The minimum atomic E-state index is -3.40. The third-order valence-corrected chi connectivity index (χ3v) is 37.6. The molecule has 3 saturated heterocycles. The van der Waals surface area contributed by atoms with Gasteiger partial charge in [-0.1, -0.05) is 372 Å². The zero-order valence-electron chi connectivity index (χ0n) is 81.9. The Bertz CT molecular complexity index is 5530. The van der Waals surface area contributed by atoms with Crippen molar-refractivity contribution in [1.82, 2.24) is 0 Å². The molecular formula is C119H140O18Si. The van der Waals surface area contributed by atoms with Gasteiger partial charge in [-0.3, -0.25) is 4.79 Å². The van der Waals surface area contributed by atoms with Crippen LogP contribution in [0.3, 0.4) is 0 Å². The number of benzene rings is 10. The van der Waals surface area contributed by atoms with Crippen molar-refractivity contribution in [3.8, 4) is 0 Å². The molecule has 8 aliphatic rings. The third kappa shape index (κ3) is 21.1. The van der Waals surface area contributed by atoms with Crippen LogP contribution in [-0.2, 0) is 122 Å². The number of rotatable bonds is 35. The summed E-state index contributed by atoms with van der Waals surface area (Å²) < 4.78 is 111. The van der Waals surface area contributed by atoms with Gasteiger partial charge in [-0.05, 0) is 176 Å². The molecule has 7 fully saturated rings. The number of allylic oxidation sites excluding steroid dienone is 2. The lowest BCUT2D eigenvalue weighted by atomic mass is 9.33. The number of carbonyl (C=O) groups excluding carboxylic acids is 2. The lowest BCUT2D eigenvalue weighted by Crippen LogP contribution is -2.69. The summed E-state index contributed by atoms with van der Waals surface area (Å²) in [7, 11) is -3.40. The van der Waals surface area contributed by atoms with E-state index in [1.807, 2.05) is 206 Å². The van der Waals surface area contributed by atoms with Crippen LogP contribution >= 0.6 is 0 Å². The molecule has 5 aliphatic carbocycles. The predicted octanol–water partition coefficient (Wildman–Crippen LogP) is 21.8. The van der Waals surface area contributed by atoms with Crippen molar-refractivity contribution >= 4 is 30.6 Å². The molecule has 4 saturated carbocycles. The van der Waals surface area contributed by atoms with Crippen molar-refractivity contribution in [1.29, 1.82) is 0 Å². The van der Waals surface area contributed by atoms with E-state index in [0.717, 1.165) is 94.3 Å². The molecule has 0 radical (unpaired) electrons. The number of aliphatic hydroxyl groups excluding tert-OH is 1. The van der Waals surface area contributed by atoms with E-state index in [1.165, 1.54) is 5.57 Å². The van der Waals surface area contributed by atoms with Gasteiger partial charge in [0, 0.05) is 0 Å². The Morgan fingerprint density at radius 1 is 0.413 bits per heavy atom. The summed E-state index contributed by atoms with van der Waals surface area (Å²) >= 11 is 0. The molecule has 10 aromatic rings. The summed E-state index contributed by atoms with van der Waals surface area (Å²) in [5.41, 5.74) is 6.16. The van der Waals surface area contributed by atoms with Gasteiger partial charge in [-0.2, -0.15) is 0 Å². The Kier molecular flexibility index (Phi) is 30.9. The highest BCUT2D eigenvalue weighted by Crippen LogP contribution is 2.76. The Labute approximate surface area is 817 Å². The summed E-state index contributed by atoms with van der Waals surface area (Å²) in [4.78, 5) is 31.7. The van der Waals surface area contributed by atoms with Crippen molar-refractivity contribution in [3.63, 3.8) is 0 Å². The lowest BCUT2D eigenvalue weighted by molar-refractivity contribution is -0.388. The summed E-state index contributed by atoms with van der Waals surface area (Å²) in [5.74, 6) is -0.642. The van der Waals surface area contributed by atoms with Crippen molar-refractivity contribution in [2.45, 2.75) is 277 Å². The predicted molar refractivity (Wildman–Crippen MR) is 533 cm³/mol. The molecule has 0 bridgehead atoms. The van der Waals surface area contributed by atoms with Gasteiger partial charge in [0.15, 0.2) is 18.7 Å². The van der Waals surface area contributed by atoms with Crippen LogP contribution in [0.25, 0.3) is 0 Å². The lowest BCUT2D eigenvalue weighted by Gasteiger charge is -2.71. The Hall–Kier alpha value is -9.46. The number of fused-ring (bicyclic) bond motifs is 7. The Morgan fingerprint density at radius 2 is 0.833 bits per heavy atom. The van der Waals surface area contributed by atoms with Gasteiger partial charge in [0.2, 0.25) is 6.29 Å². The summed E-state index contributed by atoms with van der Waals surface area (Å²) in [6, 6.07) is 101. The fourth-order valence-electron chi connectivity index (χ4n) is 25.1. The molecule has 0 unspecified atom stereocenters. The van der Waals surface area contributed by atoms with E-state index in [9.17, 15) is 5.11 Å². The topological polar surface area (TPSA) is 193 Å². The second-order valence-corrected chi connectivity index (χ2v) is 47.3. The maximum absolute atomic E-state index is 16.0. The fraction of sp³-hybridized carbons (Fsp3) is 0.462. The van der Waals surface area contributed by atoms with Crippen LogP contribution in [0.1, 0.15) is 183 Å².